The van der Waals surface area contributed by atoms with Gasteiger partial charge in [0.25, 0.3) is 0 Å². The Kier molecular flexibility index (Phi) is 6.14. The van der Waals surface area contributed by atoms with Gasteiger partial charge >= 0.3 is 6.18 Å². The molecule has 1 heterocycles. The highest BCUT2D eigenvalue weighted by Gasteiger charge is 2.31. The molecule has 1 rings (SSSR count). The van der Waals surface area contributed by atoms with Crippen molar-refractivity contribution in [1.29, 1.82) is 0 Å². The van der Waals surface area contributed by atoms with Gasteiger partial charge in [-0.05, 0) is 6.42 Å². The van der Waals surface area contributed by atoms with Gasteiger partial charge < -0.3 is 9.64 Å². The van der Waals surface area contributed by atoms with Gasteiger partial charge in [-0.2, -0.15) is 18.2 Å². The van der Waals surface area contributed by atoms with E-state index in [0.29, 0.717) is 6.61 Å². The van der Waals surface area contributed by atoms with Gasteiger partial charge in [0.1, 0.15) is 6.54 Å². The van der Waals surface area contributed by atoms with Crippen LogP contribution in [0, 0.1) is 0 Å². The van der Waals surface area contributed by atoms with Crippen molar-refractivity contribution in [1.82, 2.24) is 9.97 Å². The van der Waals surface area contributed by atoms with Crippen LogP contribution in [0.4, 0.5) is 19.1 Å². The van der Waals surface area contributed by atoms with Gasteiger partial charge in [-0.25, -0.2) is 4.98 Å². The van der Waals surface area contributed by atoms with E-state index >= 15 is 0 Å². The Labute approximate surface area is 114 Å². The number of ether oxygens (including phenoxy) is 1. The molecule has 1 aromatic heterocycles. The highest BCUT2D eigenvalue weighted by molar-refractivity contribution is 6.18. The highest BCUT2D eigenvalue weighted by Crippen LogP contribution is 2.20. The average molecular weight is 298 g/mol. The normalized spacial score (nSPS) is 11.4. The standard InChI is InChI=1S/C11H15ClF3N3O/c1-2-7-19-9-3-5-16-10(17-9)18(6-4-12)8-11(13,14)15/h3,5H,2,4,6-8H2,1H3. The summed E-state index contributed by atoms with van der Waals surface area (Å²) in [4.78, 5) is 8.75. The van der Waals surface area contributed by atoms with Crippen LogP contribution in [0.3, 0.4) is 0 Å². The summed E-state index contributed by atoms with van der Waals surface area (Å²) in [5, 5.41) is 0. The van der Waals surface area contributed by atoms with Gasteiger partial charge in [0, 0.05) is 24.7 Å². The van der Waals surface area contributed by atoms with Crippen molar-refractivity contribution in [3.8, 4) is 5.88 Å². The molecular formula is C11H15ClF3N3O. The number of rotatable bonds is 7. The second-order valence-electron chi connectivity index (χ2n) is 3.77. The van der Waals surface area contributed by atoms with E-state index in [9.17, 15) is 13.2 Å². The third-order valence-electron chi connectivity index (χ3n) is 2.08. The molecule has 0 aromatic carbocycles. The molecule has 108 valence electrons. The molecule has 19 heavy (non-hydrogen) atoms. The van der Waals surface area contributed by atoms with Crippen molar-refractivity contribution in [3.05, 3.63) is 12.3 Å². The summed E-state index contributed by atoms with van der Waals surface area (Å²) in [5.41, 5.74) is 0. The molecular weight excluding hydrogens is 283 g/mol. The first-order valence-corrected chi connectivity index (χ1v) is 6.33. The first-order chi connectivity index (χ1) is 8.96. The number of aromatic nitrogens is 2. The summed E-state index contributed by atoms with van der Waals surface area (Å²) in [6.07, 6.45) is -2.19. The van der Waals surface area contributed by atoms with Gasteiger partial charge in [0.15, 0.2) is 0 Å². The third-order valence-corrected chi connectivity index (χ3v) is 2.25. The fraction of sp³-hybridized carbons (Fsp3) is 0.636. The first-order valence-electron chi connectivity index (χ1n) is 5.79. The number of nitrogens with zero attached hydrogens (tertiary/aromatic N) is 3. The van der Waals surface area contributed by atoms with Crippen molar-refractivity contribution in [2.75, 3.05) is 30.5 Å². The molecule has 0 unspecified atom stereocenters. The van der Waals surface area contributed by atoms with Gasteiger partial charge in [-0.15, -0.1) is 11.6 Å². The third kappa shape index (κ3) is 5.96. The second kappa shape index (κ2) is 7.37. The zero-order valence-corrected chi connectivity index (χ0v) is 11.2. The summed E-state index contributed by atoms with van der Waals surface area (Å²) in [5.74, 6) is 0.277. The summed E-state index contributed by atoms with van der Waals surface area (Å²) in [6.45, 7) is 1.24. The Hall–Kier alpha value is -1.24. The number of halogens is 4. The molecule has 0 aliphatic heterocycles. The molecule has 1 aromatic rings. The lowest BCUT2D eigenvalue weighted by atomic mass is 10.5. The van der Waals surface area contributed by atoms with Crippen LogP contribution in [0.15, 0.2) is 12.3 Å². The Balaban J connectivity index is 2.83. The smallest absolute Gasteiger partial charge is 0.406 e. The van der Waals surface area contributed by atoms with Gasteiger partial charge in [-0.3, -0.25) is 0 Å². The lowest BCUT2D eigenvalue weighted by Crippen LogP contribution is -2.36. The quantitative estimate of drug-likeness (QED) is 0.725. The minimum absolute atomic E-state index is 0.0122. The lowest BCUT2D eigenvalue weighted by molar-refractivity contribution is -0.119. The van der Waals surface area contributed by atoms with E-state index in [0.717, 1.165) is 11.3 Å². The second-order valence-corrected chi connectivity index (χ2v) is 4.15. The molecule has 0 aliphatic rings. The molecule has 0 saturated carbocycles. The predicted molar refractivity (Wildman–Crippen MR) is 66.8 cm³/mol. The minimum Gasteiger partial charge on any atom is -0.478 e. The molecule has 0 fully saturated rings. The van der Waals surface area contributed by atoms with Crippen LogP contribution >= 0.6 is 11.6 Å². The van der Waals surface area contributed by atoms with E-state index in [1.54, 1.807) is 0 Å². The maximum atomic E-state index is 12.4. The SMILES string of the molecule is CCCOc1ccnc(N(CCCl)CC(F)(F)F)n1. The van der Waals surface area contributed by atoms with Crippen molar-refractivity contribution < 1.29 is 17.9 Å². The predicted octanol–water partition coefficient (Wildman–Crippen LogP) is 2.87. The molecule has 0 amide bonds. The first kappa shape index (κ1) is 15.8. The van der Waals surface area contributed by atoms with E-state index in [1.165, 1.54) is 12.3 Å². The number of anilines is 1. The van der Waals surface area contributed by atoms with Crippen LogP contribution in [0.5, 0.6) is 5.88 Å². The molecule has 0 atom stereocenters. The number of hydrogen-bond acceptors (Lipinski definition) is 4. The maximum absolute atomic E-state index is 12.4. The van der Waals surface area contributed by atoms with Crippen LogP contribution in [0.1, 0.15) is 13.3 Å². The van der Waals surface area contributed by atoms with E-state index in [4.69, 9.17) is 16.3 Å². The average Bonchev–Trinajstić information content (AvgIpc) is 2.35. The molecule has 0 saturated heterocycles. The number of hydrogen-bond donors (Lipinski definition) is 0. The van der Waals surface area contributed by atoms with Gasteiger partial charge in [0.05, 0.1) is 6.61 Å². The fourth-order valence-corrected chi connectivity index (χ4v) is 1.54. The summed E-state index contributed by atoms with van der Waals surface area (Å²) in [7, 11) is 0. The highest BCUT2D eigenvalue weighted by atomic mass is 35.5. The van der Waals surface area contributed by atoms with E-state index in [-0.39, 0.29) is 24.3 Å². The van der Waals surface area contributed by atoms with Crippen LogP contribution in [0.2, 0.25) is 0 Å². The Morgan fingerprint density at radius 2 is 2.16 bits per heavy atom. The molecule has 8 heteroatoms. The van der Waals surface area contributed by atoms with Crippen LogP contribution < -0.4 is 9.64 Å². The van der Waals surface area contributed by atoms with E-state index in [2.05, 4.69) is 9.97 Å². The Bertz CT molecular complexity index is 390. The number of alkyl halides is 4. The minimum atomic E-state index is -4.34. The van der Waals surface area contributed by atoms with Crippen molar-refractivity contribution in [2.24, 2.45) is 0 Å². The van der Waals surface area contributed by atoms with Crippen LogP contribution in [-0.2, 0) is 0 Å². The Morgan fingerprint density at radius 3 is 2.74 bits per heavy atom. The van der Waals surface area contributed by atoms with E-state index < -0.39 is 12.7 Å². The summed E-state index contributed by atoms with van der Waals surface area (Å²) < 4.78 is 42.6. The topological polar surface area (TPSA) is 38.2 Å². The largest absolute Gasteiger partial charge is 0.478 e. The molecule has 0 N–H and O–H groups in total. The molecule has 0 bridgehead atoms. The van der Waals surface area contributed by atoms with Gasteiger partial charge in [-0.1, -0.05) is 6.92 Å². The zero-order chi connectivity index (χ0) is 14.3. The summed E-state index contributed by atoms with van der Waals surface area (Å²) >= 11 is 5.50. The molecule has 0 spiro atoms. The fourth-order valence-electron chi connectivity index (χ4n) is 1.34. The molecule has 0 aliphatic carbocycles. The van der Waals surface area contributed by atoms with Crippen LogP contribution in [0.25, 0.3) is 0 Å². The maximum Gasteiger partial charge on any atom is 0.406 e. The molecule has 4 nitrogen and oxygen atoms in total. The molecule has 0 radical (unpaired) electrons. The summed E-state index contributed by atoms with van der Waals surface area (Å²) in [6, 6.07) is 1.51. The zero-order valence-electron chi connectivity index (χ0n) is 10.5. The van der Waals surface area contributed by atoms with Crippen molar-refractivity contribution in [3.63, 3.8) is 0 Å². The van der Waals surface area contributed by atoms with Crippen molar-refractivity contribution in [2.45, 2.75) is 19.5 Å². The van der Waals surface area contributed by atoms with Gasteiger partial charge in [0.2, 0.25) is 11.8 Å². The monoisotopic (exact) mass is 297 g/mol. The lowest BCUT2D eigenvalue weighted by Gasteiger charge is -2.23. The Morgan fingerprint density at radius 1 is 1.42 bits per heavy atom. The van der Waals surface area contributed by atoms with E-state index in [1.807, 2.05) is 6.92 Å². The van der Waals surface area contributed by atoms with Crippen molar-refractivity contribution >= 4 is 17.5 Å². The van der Waals surface area contributed by atoms with Crippen LogP contribution in [-0.4, -0.2) is 41.7 Å².